The molecule has 0 aromatic carbocycles. The number of rotatable bonds is 1. The molecule has 0 aliphatic carbocycles. The fourth-order valence-corrected chi connectivity index (χ4v) is 2.24. The Bertz CT molecular complexity index is 606. The van der Waals surface area contributed by atoms with Crippen molar-refractivity contribution in [3.05, 3.63) is 29.6 Å². The Balaban J connectivity index is 2.22. The molecule has 126 valence electrons. The average Bonchev–Trinajstić information content (AvgIpc) is 2.78. The summed E-state index contributed by atoms with van der Waals surface area (Å²) in [6.45, 7) is 4.93. The van der Waals surface area contributed by atoms with Crippen molar-refractivity contribution in [3.8, 4) is 0 Å². The number of Topliss-reactive ketones (excluding diaryl/α,β-unsaturated/α-hetero) is 1. The molecule has 23 heavy (non-hydrogen) atoms. The van der Waals surface area contributed by atoms with Crippen LogP contribution >= 0.6 is 0 Å². The van der Waals surface area contributed by atoms with Crippen molar-refractivity contribution in [1.82, 2.24) is 9.88 Å². The zero-order valence-electron chi connectivity index (χ0n) is 13.0. The lowest BCUT2D eigenvalue weighted by Gasteiger charge is -2.27. The smallest absolute Gasteiger partial charge is 0.417 e. The fraction of sp³-hybridized carbons (Fsp3) is 0.533. The molecule has 2 heterocycles. The summed E-state index contributed by atoms with van der Waals surface area (Å²) in [5, 5.41) is 0. The number of aromatic nitrogens is 1. The number of ketones is 1. The Labute approximate surface area is 131 Å². The third-order valence-electron chi connectivity index (χ3n) is 3.23. The number of halogens is 3. The standard InChI is InChI=1S/C15H17F3N2O3/c1-14(2,3)23-13(22)20-8-10(21)6-12(20)11-5-4-9(7-19-11)15(16,17)18/h4-5,7,12H,6,8H2,1-3H3. The number of alkyl halides is 3. The van der Waals surface area contributed by atoms with Crippen molar-refractivity contribution in [1.29, 1.82) is 0 Å². The first-order valence-electron chi connectivity index (χ1n) is 7.02. The Hall–Kier alpha value is -2.12. The molecular formula is C15H17F3N2O3. The number of ether oxygens (including phenoxy) is 1. The highest BCUT2D eigenvalue weighted by Gasteiger charge is 2.39. The quantitative estimate of drug-likeness (QED) is 0.792. The second kappa shape index (κ2) is 5.82. The SMILES string of the molecule is CC(C)(C)OC(=O)N1CC(=O)CC1c1ccc(C(F)(F)F)cn1. The van der Waals surface area contributed by atoms with E-state index < -0.39 is 29.5 Å². The maximum Gasteiger partial charge on any atom is 0.417 e. The van der Waals surface area contributed by atoms with Gasteiger partial charge in [0, 0.05) is 12.6 Å². The summed E-state index contributed by atoms with van der Waals surface area (Å²) >= 11 is 0. The average molecular weight is 330 g/mol. The number of likely N-dealkylation sites (tertiary alicyclic amines) is 1. The molecule has 1 saturated heterocycles. The molecule has 1 atom stereocenters. The molecule has 1 amide bonds. The van der Waals surface area contributed by atoms with E-state index in [-0.39, 0.29) is 24.4 Å². The molecular weight excluding hydrogens is 313 g/mol. The normalized spacial score (nSPS) is 19.1. The molecule has 8 heteroatoms. The molecule has 1 aromatic rings. The highest BCUT2D eigenvalue weighted by Crippen LogP contribution is 2.33. The summed E-state index contributed by atoms with van der Waals surface area (Å²) in [6.07, 6.45) is -4.46. The van der Waals surface area contributed by atoms with Gasteiger partial charge < -0.3 is 4.74 Å². The molecule has 0 saturated carbocycles. The van der Waals surface area contributed by atoms with Gasteiger partial charge in [0.05, 0.1) is 23.8 Å². The molecule has 1 aliphatic rings. The molecule has 0 N–H and O–H groups in total. The zero-order valence-corrected chi connectivity index (χ0v) is 13.0. The summed E-state index contributed by atoms with van der Waals surface area (Å²) in [5.41, 5.74) is -1.38. The summed E-state index contributed by atoms with van der Waals surface area (Å²) in [6, 6.07) is 1.36. The van der Waals surface area contributed by atoms with Gasteiger partial charge in [0.1, 0.15) is 5.60 Å². The van der Waals surface area contributed by atoms with Crippen LogP contribution in [0, 0.1) is 0 Å². The summed E-state index contributed by atoms with van der Waals surface area (Å²) in [7, 11) is 0. The van der Waals surface area contributed by atoms with E-state index in [2.05, 4.69) is 4.98 Å². The van der Waals surface area contributed by atoms with Crippen LogP contribution in [0.1, 0.15) is 44.5 Å². The van der Waals surface area contributed by atoms with Gasteiger partial charge >= 0.3 is 12.3 Å². The van der Waals surface area contributed by atoms with E-state index in [1.165, 1.54) is 11.0 Å². The van der Waals surface area contributed by atoms with Crippen molar-refractivity contribution in [2.75, 3.05) is 6.54 Å². The predicted molar refractivity (Wildman–Crippen MR) is 74.5 cm³/mol. The highest BCUT2D eigenvalue weighted by atomic mass is 19.4. The van der Waals surface area contributed by atoms with Crippen LogP contribution in [-0.2, 0) is 15.7 Å². The summed E-state index contributed by atoms with van der Waals surface area (Å²) in [5.74, 6) is -0.192. The Kier molecular flexibility index (Phi) is 4.37. The molecule has 5 nitrogen and oxygen atoms in total. The summed E-state index contributed by atoms with van der Waals surface area (Å²) in [4.78, 5) is 28.8. The van der Waals surface area contributed by atoms with Gasteiger partial charge in [-0.2, -0.15) is 13.2 Å². The van der Waals surface area contributed by atoms with Gasteiger partial charge in [-0.1, -0.05) is 0 Å². The molecule has 1 aromatic heterocycles. The lowest BCUT2D eigenvalue weighted by atomic mass is 10.1. The Morgan fingerprint density at radius 3 is 2.43 bits per heavy atom. The predicted octanol–water partition coefficient (Wildman–Crippen LogP) is 3.35. The van der Waals surface area contributed by atoms with Crippen molar-refractivity contribution in [2.24, 2.45) is 0 Å². The van der Waals surface area contributed by atoms with Gasteiger partial charge in [0.2, 0.25) is 0 Å². The minimum atomic E-state index is -4.48. The lowest BCUT2D eigenvalue weighted by molar-refractivity contribution is -0.137. The minimum Gasteiger partial charge on any atom is -0.444 e. The molecule has 0 spiro atoms. The first-order chi connectivity index (χ1) is 10.5. The van der Waals surface area contributed by atoms with Crippen LogP contribution in [-0.4, -0.2) is 33.9 Å². The van der Waals surface area contributed by atoms with Crippen molar-refractivity contribution in [2.45, 2.75) is 45.0 Å². The van der Waals surface area contributed by atoms with E-state index >= 15 is 0 Å². The molecule has 2 rings (SSSR count). The van der Waals surface area contributed by atoms with Crippen molar-refractivity contribution in [3.63, 3.8) is 0 Å². The zero-order chi connectivity index (χ0) is 17.4. The largest absolute Gasteiger partial charge is 0.444 e. The van der Waals surface area contributed by atoms with E-state index in [4.69, 9.17) is 4.74 Å². The van der Waals surface area contributed by atoms with E-state index in [1.807, 2.05) is 0 Å². The van der Waals surface area contributed by atoms with Crippen LogP contribution in [0.25, 0.3) is 0 Å². The molecule has 0 radical (unpaired) electrons. The maximum absolute atomic E-state index is 12.6. The lowest BCUT2D eigenvalue weighted by Crippen LogP contribution is -2.37. The van der Waals surface area contributed by atoms with Crippen molar-refractivity contribution >= 4 is 11.9 Å². The fourth-order valence-electron chi connectivity index (χ4n) is 2.24. The molecule has 1 unspecified atom stereocenters. The van der Waals surface area contributed by atoms with Crippen LogP contribution < -0.4 is 0 Å². The number of carbonyl (C=O) groups excluding carboxylic acids is 2. The molecule has 0 bridgehead atoms. The third kappa shape index (κ3) is 4.20. The third-order valence-corrected chi connectivity index (χ3v) is 3.23. The van der Waals surface area contributed by atoms with Gasteiger partial charge in [-0.05, 0) is 32.9 Å². The van der Waals surface area contributed by atoms with Crippen LogP contribution in [0.5, 0.6) is 0 Å². The Morgan fingerprint density at radius 1 is 1.30 bits per heavy atom. The summed E-state index contributed by atoms with van der Waals surface area (Å²) < 4.78 is 42.9. The van der Waals surface area contributed by atoms with Crippen molar-refractivity contribution < 1.29 is 27.5 Å². The van der Waals surface area contributed by atoms with Gasteiger partial charge in [-0.3, -0.25) is 14.7 Å². The van der Waals surface area contributed by atoms with E-state index in [0.29, 0.717) is 6.20 Å². The van der Waals surface area contributed by atoms with E-state index in [0.717, 1.165) is 6.07 Å². The number of amides is 1. The Morgan fingerprint density at radius 2 is 1.96 bits per heavy atom. The van der Waals surface area contributed by atoms with Crippen LogP contribution in [0.15, 0.2) is 18.3 Å². The van der Waals surface area contributed by atoms with E-state index in [9.17, 15) is 22.8 Å². The number of hydrogen-bond acceptors (Lipinski definition) is 4. The highest BCUT2D eigenvalue weighted by molar-refractivity contribution is 5.88. The van der Waals surface area contributed by atoms with E-state index in [1.54, 1.807) is 20.8 Å². The first-order valence-corrected chi connectivity index (χ1v) is 7.02. The van der Waals surface area contributed by atoms with Crippen LogP contribution in [0.3, 0.4) is 0 Å². The number of carbonyl (C=O) groups is 2. The second-order valence-electron chi connectivity index (χ2n) is 6.34. The maximum atomic E-state index is 12.6. The molecule has 1 fully saturated rings. The van der Waals surface area contributed by atoms with Gasteiger partial charge in [-0.15, -0.1) is 0 Å². The van der Waals surface area contributed by atoms with Gasteiger partial charge in [0.25, 0.3) is 0 Å². The monoisotopic (exact) mass is 330 g/mol. The topological polar surface area (TPSA) is 59.5 Å². The van der Waals surface area contributed by atoms with Crippen LogP contribution in [0.2, 0.25) is 0 Å². The first kappa shape index (κ1) is 17.2. The molecule has 1 aliphatic heterocycles. The number of pyridine rings is 1. The van der Waals surface area contributed by atoms with Gasteiger partial charge in [0.15, 0.2) is 5.78 Å². The number of hydrogen-bond donors (Lipinski definition) is 0. The second-order valence-corrected chi connectivity index (χ2v) is 6.34. The number of nitrogens with zero attached hydrogens (tertiary/aromatic N) is 2. The minimum absolute atomic E-state index is 0.0115. The van der Waals surface area contributed by atoms with Gasteiger partial charge in [-0.25, -0.2) is 4.79 Å². The van der Waals surface area contributed by atoms with Crippen LogP contribution in [0.4, 0.5) is 18.0 Å².